The van der Waals surface area contributed by atoms with Crippen LogP contribution in [0.4, 0.5) is 31.1 Å². The number of amides is 1. The molecular formula is C25H35F6N5O2. The van der Waals surface area contributed by atoms with E-state index in [1.807, 2.05) is 13.8 Å². The van der Waals surface area contributed by atoms with Crippen LogP contribution < -0.4 is 5.73 Å². The molecule has 0 aromatic heterocycles. The molecule has 2 N–H and O–H groups in total. The molecule has 0 saturated carbocycles. The van der Waals surface area contributed by atoms with Crippen LogP contribution in [0.15, 0.2) is 28.2 Å². The van der Waals surface area contributed by atoms with E-state index >= 15 is 0 Å². The molecule has 1 aromatic carbocycles. The fraction of sp³-hybridized carbons (Fsp3) is 0.640. The Morgan fingerprint density at radius 2 is 1.58 bits per heavy atom. The van der Waals surface area contributed by atoms with Gasteiger partial charge in [-0.25, -0.2) is 9.79 Å². The van der Waals surface area contributed by atoms with Gasteiger partial charge in [-0.1, -0.05) is 13.8 Å². The van der Waals surface area contributed by atoms with E-state index < -0.39 is 35.6 Å². The summed E-state index contributed by atoms with van der Waals surface area (Å²) in [6.45, 7) is 6.91. The van der Waals surface area contributed by atoms with E-state index in [1.54, 1.807) is 18.7 Å². The van der Waals surface area contributed by atoms with Gasteiger partial charge >= 0.3 is 18.4 Å². The molecule has 38 heavy (non-hydrogen) atoms. The molecule has 214 valence electrons. The van der Waals surface area contributed by atoms with Crippen LogP contribution in [0, 0.1) is 0 Å². The summed E-state index contributed by atoms with van der Waals surface area (Å²) in [6, 6.07) is 0.472. The van der Waals surface area contributed by atoms with Crippen molar-refractivity contribution in [2.24, 2.45) is 15.7 Å². The molecule has 2 unspecified atom stereocenters. The minimum Gasteiger partial charge on any atom is -0.447 e. The number of rotatable bonds is 7. The van der Waals surface area contributed by atoms with Crippen molar-refractivity contribution < 1.29 is 35.9 Å². The van der Waals surface area contributed by atoms with E-state index in [-0.39, 0.29) is 42.3 Å². The first-order chi connectivity index (χ1) is 17.6. The molecule has 3 atom stereocenters. The number of likely N-dealkylation sites (tertiary alicyclic amines) is 1. The van der Waals surface area contributed by atoms with Crippen LogP contribution in [0.25, 0.3) is 0 Å². The number of aliphatic imine (C=N–C) groups is 2. The molecule has 1 aliphatic heterocycles. The highest BCUT2D eigenvalue weighted by Crippen LogP contribution is 2.37. The molecular weight excluding hydrogens is 516 g/mol. The topological polar surface area (TPSA) is 83.5 Å². The molecule has 7 nitrogen and oxygen atoms in total. The van der Waals surface area contributed by atoms with Gasteiger partial charge in [0, 0.05) is 31.7 Å². The van der Waals surface area contributed by atoms with Crippen LogP contribution in [0.5, 0.6) is 0 Å². The minimum absolute atomic E-state index is 0.0913. The van der Waals surface area contributed by atoms with Crippen LogP contribution in [0.1, 0.15) is 70.1 Å². The maximum Gasteiger partial charge on any atom is 0.416 e. The van der Waals surface area contributed by atoms with Crippen molar-refractivity contribution in [1.82, 2.24) is 9.80 Å². The summed E-state index contributed by atoms with van der Waals surface area (Å²) in [5.74, 6) is -0.102. The summed E-state index contributed by atoms with van der Waals surface area (Å²) in [4.78, 5) is 23.8. The third-order valence-electron chi connectivity index (χ3n) is 6.41. The predicted octanol–water partition coefficient (Wildman–Crippen LogP) is 6.07. The first-order valence-corrected chi connectivity index (χ1v) is 12.4. The van der Waals surface area contributed by atoms with Crippen LogP contribution in [0.2, 0.25) is 0 Å². The second-order valence-electron chi connectivity index (χ2n) is 9.49. The lowest BCUT2D eigenvalue weighted by Gasteiger charge is -2.47. The Hall–Kier alpha value is -2.99. The normalized spacial score (nSPS) is 21.3. The van der Waals surface area contributed by atoms with Gasteiger partial charge in [-0.05, 0) is 63.3 Å². The number of piperidine rings is 1. The minimum atomic E-state index is -4.97. The molecule has 1 aromatic rings. The fourth-order valence-electron chi connectivity index (χ4n) is 4.69. The number of carbonyl (C=O) groups excluding carboxylic acids is 1. The van der Waals surface area contributed by atoms with Crippen LogP contribution >= 0.6 is 0 Å². The van der Waals surface area contributed by atoms with E-state index in [9.17, 15) is 31.1 Å². The molecule has 1 saturated heterocycles. The number of carbonyl (C=O) groups is 1. The highest BCUT2D eigenvalue weighted by atomic mass is 19.4. The lowest BCUT2D eigenvalue weighted by molar-refractivity contribution is -0.143. The van der Waals surface area contributed by atoms with E-state index in [0.29, 0.717) is 37.8 Å². The molecule has 13 heteroatoms. The number of hydrogen-bond acceptors (Lipinski definition) is 3. The van der Waals surface area contributed by atoms with Gasteiger partial charge in [0.1, 0.15) is 6.34 Å². The third kappa shape index (κ3) is 8.00. The maximum atomic E-state index is 13.5. The monoisotopic (exact) mass is 551 g/mol. The summed E-state index contributed by atoms with van der Waals surface area (Å²) in [5, 5.41) is 0. The Labute approximate surface area is 218 Å². The van der Waals surface area contributed by atoms with E-state index in [0.717, 1.165) is 6.34 Å². The van der Waals surface area contributed by atoms with Gasteiger partial charge in [0.05, 0.1) is 17.2 Å². The highest BCUT2D eigenvalue weighted by molar-refractivity contribution is 5.85. The van der Waals surface area contributed by atoms with Gasteiger partial charge in [0.25, 0.3) is 0 Å². The number of alkyl halides is 6. The van der Waals surface area contributed by atoms with Gasteiger partial charge in [-0.3, -0.25) is 4.99 Å². The van der Waals surface area contributed by atoms with Crippen molar-refractivity contribution in [1.29, 1.82) is 0 Å². The molecule has 1 aliphatic rings. The Morgan fingerprint density at radius 1 is 1.08 bits per heavy atom. The number of benzene rings is 1. The van der Waals surface area contributed by atoms with Crippen LogP contribution in [-0.4, -0.2) is 59.5 Å². The largest absolute Gasteiger partial charge is 0.447 e. The summed E-state index contributed by atoms with van der Waals surface area (Å²) >= 11 is 0. The fourth-order valence-corrected chi connectivity index (χ4v) is 4.69. The number of ether oxygens (including phenoxy) is 1. The van der Waals surface area contributed by atoms with Crippen LogP contribution in [0.3, 0.4) is 0 Å². The van der Waals surface area contributed by atoms with Gasteiger partial charge in [0.15, 0.2) is 5.96 Å². The first kappa shape index (κ1) is 31.2. The Morgan fingerprint density at radius 3 is 1.97 bits per heavy atom. The smallest absolute Gasteiger partial charge is 0.416 e. The highest BCUT2D eigenvalue weighted by Gasteiger charge is 2.41. The quantitative estimate of drug-likeness (QED) is 0.254. The molecule has 1 fully saturated rings. The van der Waals surface area contributed by atoms with Crippen molar-refractivity contribution in [2.45, 2.75) is 96.5 Å². The average molecular weight is 552 g/mol. The average Bonchev–Trinajstić information content (AvgIpc) is 2.83. The van der Waals surface area contributed by atoms with Gasteiger partial charge in [-0.2, -0.15) is 26.3 Å². The number of nitrogens with zero attached hydrogens (tertiary/aromatic N) is 4. The summed E-state index contributed by atoms with van der Waals surface area (Å²) in [6.07, 6.45) is -7.74. The number of halogens is 6. The van der Waals surface area contributed by atoms with Crippen molar-refractivity contribution in [3.8, 4) is 0 Å². The zero-order valence-electron chi connectivity index (χ0n) is 22.1. The SMILES string of the molecule is CCC1CC(N(Cc2cc(C(F)(F)F)cc(C(F)(F)F)c2)C(N)=NC=NC)C[C@H](CC)N1C(=O)OC(C)C. The third-order valence-corrected chi connectivity index (χ3v) is 6.41. The maximum absolute atomic E-state index is 13.5. The Balaban J connectivity index is 2.53. The lowest BCUT2D eigenvalue weighted by Crippen LogP contribution is -2.58. The zero-order chi connectivity index (χ0) is 28.8. The van der Waals surface area contributed by atoms with Crippen molar-refractivity contribution in [3.05, 3.63) is 34.9 Å². The van der Waals surface area contributed by atoms with Gasteiger partial charge < -0.3 is 20.3 Å². The van der Waals surface area contributed by atoms with Crippen LogP contribution in [-0.2, 0) is 23.6 Å². The Bertz CT molecular complexity index is 963. The van der Waals surface area contributed by atoms with E-state index in [4.69, 9.17) is 10.5 Å². The zero-order valence-corrected chi connectivity index (χ0v) is 22.1. The summed E-state index contributed by atoms with van der Waals surface area (Å²) in [7, 11) is 1.45. The number of nitrogens with two attached hydrogens (primary N) is 1. The molecule has 0 aliphatic carbocycles. The lowest BCUT2D eigenvalue weighted by atomic mass is 9.87. The second-order valence-corrected chi connectivity index (χ2v) is 9.49. The number of hydrogen-bond donors (Lipinski definition) is 1. The van der Waals surface area contributed by atoms with E-state index in [1.165, 1.54) is 11.9 Å². The molecule has 0 radical (unpaired) electrons. The van der Waals surface area contributed by atoms with Gasteiger partial charge in [0.2, 0.25) is 0 Å². The first-order valence-electron chi connectivity index (χ1n) is 12.4. The molecule has 0 bridgehead atoms. The van der Waals surface area contributed by atoms with Crippen molar-refractivity contribution in [2.75, 3.05) is 7.05 Å². The molecule has 0 spiro atoms. The Kier molecular flexibility index (Phi) is 10.4. The molecule has 1 amide bonds. The van der Waals surface area contributed by atoms with Crippen molar-refractivity contribution in [3.63, 3.8) is 0 Å². The van der Waals surface area contributed by atoms with E-state index in [2.05, 4.69) is 9.98 Å². The van der Waals surface area contributed by atoms with Crippen molar-refractivity contribution >= 4 is 18.4 Å². The van der Waals surface area contributed by atoms with Gasteiger partial charge in [-0.15, -0.1) is 0 Å². The summed E-state index contributed by atoms with van der Waals surface area (Å²) in [5.41, 5.74) is 3.17. The standard InChI is InChI=1S/C25H35F6N5O2/c1-6-19-11-21(12-20(7-2)36(19)23(37)38-15(3)4)35(22(32)34-14-33-5)13-16-8-17(24(26,27)28)10-18(9-16)25(29,30)31/h8-10,14-15,19-21H,6-7,11-13H2,1-5H3,(H2,32,33,34)/t19-,20?,21?/m0/s1. The molecule has 1 heterocycles. The number of guanidine groups is 1. The second kappa shape index (κ2) is 12.7. The summed E-state index contributed by atoms with van der Waals surface area (Å²) < 4.78 is 86.2. The predicted molar refractivity (Wildman–Crippen MR) is 133 cm³/mol. The molecule has 2 rings (SSSR count).